The van der Waals surface area contributed by atoms with Gasteiger partial charge in [0.1, 0.15) is 0 Å². The second-order valence-corrected chi connectivity index (χ2v) is 5.68. The van der Waals surface area contributed by atoms with Crippen molar-refractivity contribution in [1.29, 1.82) is 0 Å². The standard InChI is InChI=1S/C16H21N3/c1-12-8-9-15(10-12)19-11-13(2)17-16(19)18-14-6-4-3-5-7-14/h3-7,11-12,15H,8-10H2,1-2H3,(H,17,18). The molecule has 1 N–H and O–H groups in total. The van der Waals surface area contributed by atoms with Gasteiger partial charge in [-0.05, 0) is 44.2 Å². The Bertz CT molecular complexity index is 544. The van der Waals surface area contributed by atoms with Gasteiger partial charge in [0.25, 0.3) is 0 Å². The molecule has 1 aromatic carbocycles. The van der Waals surface area contributed by atoms with Gasteiger partial charge in [0.05, 0.1) is 5.69 Å². The van der Waals surface area contributed by atoms with Crippen molar-refractivity contribution in [3.8, 4) is 0 Å². The fraction of sp³-hybridized carbons (Fsp3) is 0.438. The van der Waals surface area contributed by atoms with Crippen LogP contribution in [0.1, 0.15) is 37.9 Å². The van der Waals surface area contributed by atoms with Gasteiger partial charge in [0.15, 0.2) is 0 Å². The second kappa shape index (κ2) is 5.08. The van der Waals surface area contributed by atoms with Crippen LogP contribution < -0.4 is 5.32 Å². The first-order chi connectivity index (χ1) is 9.22. The van der Waals surface area contributed by atoms with E-state index >= 15 is 0 Å². The molecule has 2 aromatic rings. The monoisotopic (exact) mass is 255 g/mol. The minimum atomic E-state index is 0.599. The molecule has 0 amide bonds. The molecule has 2 unspecified atom stereocenters. The van der Waals surface area contributed by atoms with E-state index in [0.29, 0.717) is 6.04 Å². The van der Waals surface area contributed by atoms with Crippen LogP contribution in [0, 0.1) is 12.8 Å². The maximum Gasteiger partial charge on any atom is 0.207 e. The fourth-order valence-electron chi connectivity index (χ4n) is 2.97. The lowest BCUT2D eigenvalue weighted by molar-refractivity contribution is 0.498. The number of hydrogen-bond donors (Lipinski definition) is 1. The van der Waals surface area contributed by atoms with E-state index < -0.39 is 0 Å². The highest BCUT2D eigenvalue weighted by molar-refractivity contribution is 5.53. The van der Waals surface area contributed by atoms with Crippen molar-refractivity contribution < 1.29 is 0 Å². The van der Waals surface area contributed by atoms with E-state index in [1.165, 1.54) is 19.3 Å². The Morgan fingerprint density at radius 2 is 2.00 bits per heavy atom. The highest BCUT2D eigenvalue weighted by Gasteiger charge is 2.24. The second-order valence-electron chi connectivity index (χ2n) is 5.68. The minimum absolute atomic E-state index is 0.599. The molecule has 1 saturated carbocycles. The van der Waals surface area contributed by atoms with Crippen LogP contribution in [0.4, 0.5) is 11.6 Å². The van der Waals surface area contributed by atoms with E-state index in [9.17, 15) is 0 Å². The molecule has 100 valence electrons. The minimum Gasteiger partial charge on any atom is -0.326 e. The molecule has 1 aliphatic rings. The van der Waals surface area contributed by atoms with Crippen LogP contribution in [0.25, 0.3) is 0 Å². The SMILES string of the molecule is Cc1cn(C2CCC(C)C2)c(Nc2ccccc2)n1. The van der Waals surface area contributed by atoms with Crippen molar-refractivity contribution >= 4 is 11.6 Å². The first kappa shape index (κ1) is 12.3. The van der Waals surface area contributed by atoms with Crippen molar-refractivity contribution in [3.05, 3.63) is 42.2 Å². The summed E-state index contributed by atoms with van der Waals surface area (Å²) in [5.41, 5.74) is 2.18. The maximum atomic E-state index is 4.63. The highest BCUT2D eigenvalue weighted by atomic mass is 15.2. The molecular weight excluding hydrogens is 234 g/mol. The normalized spacial score (nSPS) is 22.6. The number of nitrogens with one attached hydrogen (secondary N) is 1. The Balaban J connectivity index is 1.85. The van der Waals surface area contributed by atoms with Gasteiger partial charge in [-0.1, -0.05) is 25.1 Å². The number of aromatic nitrogens is 2. The number of rotatable bonds is 3. The van der Waals surface area contributed by atoms with Gasteiger partial charge in [0.2, 0.25) is 5.95 Å². The van der Waals surface area contributed by atoms with Gasteiger partial charge in [0, 0.05) is 17.9 Å². The van der Waals surface area contributed by atoms with E-state index in [1.54, 1.807) is 0 Å². The number of benzene rings is 1. The zero-order valence-electron chi connectivity index (χ0n) is 11.6. The maximum absolute atomic E-state index is 4.63. The van der Waals surface area contributed by atoms with E-state index in [4.69, 9.17) is 0 Å². The number of imidazole rings is 1. The molecule has 1 aliphatic carbocycles. The van der Waals surface area contributed by atoms with Gasteiger partial charge in [-0.2, -0.15) is 0 Å². The molecule has 3 rings (SSSR count). The molecular formula is C16H21N3. The van der Waals surface area contributed by atoms with Crippen LogP contribution in [0.5, 0.6) is 0 Å². The predicted molar refractivity (Wildman–Crippen MR) is 78.7 cm³/mol. The van der Waals surface area contributed by atoms with Gasteiger partial charge >= 0.3 is 0 Å². The zero-order valence-corrected chi connectivity index (χ0v) is 11.6. The summed E-state index contributed by atoms with van der Waals surface area (Å²) >= 11 is 0. The third-order valence-electron chi connectivity index (χ3n) is 3.94. The average Bonchev–Trinajstić information content (AvgIpc) is 2.97. The van der Waals surface area contributed by atoms with Crippen LogP contribution >= 0.6 is 0 Å². The molecule has 19 heavy (non-hydrogen) atoms. The molecule has 1 fully saturated rings. The molecule has 1 heterocycles. The van der Waals surface area contributed by atoms with E-state index in [2.05, 4.69) is 47.0 Å². The topological polar surface area (TPSA) is 29.9 Å². The molecule has 3 heteroatoms. The lowest BCUT2D eigenvalue weighted by Gasteiger charge is -2.16. The first-order valence-corrected chi connectivity index (χ1v) is 7.10. The van der Waals surface area contributed by atoms with E-state index in [0.717, 1.165) is 23.2 Å². The van der Waals surface area contributed by atoms with Crippen LogP contribution in [0.3, 0.4) is 0 Å². The summed E-state index contributed by atoms with van der Waals surface area (Å²) in [6.07, 6.45) is 6.03. The summed E-state index contributed by atoms with van der Waals surface area (Å²) in [7, 11) is 0. The molecule has 0 spiro atoms. The summed E-state index contributed by atoms with van der Waals surface area (Å²) < 4.78 is 2.33. The fourth-order valence-corrected chi connectivity index (χ4v) is 2.97. The summed E-state index contributed by atoms with van der Waals surface area (Å²) in [6, 6.07) is 10.9. The smallest absolute Gasteiger partial charge is 0.207 e. The number of para-hydroxylation sites is 1. The number of anilines is 2. The lowest BCUT2D eigenvalue weighted by atomic mass is 10.1. The summed E-state index contributed by atoms with van der Waals surface area (Å²) in [5, 5.41) is 3.44. The predicted octanol–water partition coefficient (Wildman–Crippen LogP) is 4.30. The third kappa shape index (κ3) is 2.65. The van der Waals surface area contributed by atoms with E-state index in [1.807, 2.05) is 18.2 Å². The Labute approximate surface area is 114 Å². The van der Waals surface area contributed by atoms with Crippen LogP contribution in [0.15, 0.2) is 36.5 Å². The highest BCUT2D eigenvalue weighted by Crippen LogP contribution is 2.36. The molecule has 0 aliphatic heterocycles. The van der Waals surface area contributed by atoms with Crippen LogP contribution in [-0.2, 0) is 0 Å². The largest absolute Gasteiger partial charge is 0.326 e. The van der Waals surface area contributed by atoms with Crippen molar-refractivity contribution in [2.75, 3.05) is 5.32 Å². The van der Waals surface area contributed by atoms with Crippen molar-refractivity contribution in [2.45, 2.75) is 39.2 Å². The summed E-state index contributed by atoms with van der Waals surface area (Å²) in [4.78, 5) is 4.63. The first-order valence-electron chi connectivity index (χ1n) is 7.10. The number of hydrogen-bond acceptors (Lipinski definition) is 2. The lowest BCUT2D eigenvalue weighted by Crippen LogP contribution is -2.08. The molecule has 0 bridgehead atoms. The van der Waals surface area contributed by atoms with Gasteiger partial charge < -0.3 is 9.88 Å². The number of aryl methyl sites for hydroxylation is 1. The third-order valence-corrected chi connectivity index (χ3v) is 3.94. The molecule has 2 atom stereocenters. The zero-order chi connectivity index (χ0) is 13.2. The van der Waals surface area contributed by atoms with E-state index in [-0.39, 0.29) is 0 Å². The average molecular weight is 255 g/mol. The molecule has 1 aromatic heterocycles. The Hall–Kier alpha value is -1.77. The summed E-state index contributed by atoms with van der Waals surface area (Å²) in [6.45, 7) is 4.40. The Morgan fingerprint density at radius 1 is 1.21 bits per heavy atom. The summed E-state index contributed by atoms with van der Waals surface area (Å²) in [5.74, 6) is 1.81. The number of nitrogens with zero attached hydrogens (tertiary/aromatic N) is 2. The van der Waals surface area contributed by atoms with Crippen LogP contribution in [-0.4, -0.2) is 9.55 Å². The quantitative estimate of drug-likeness (QED) is 0.886. The molecule has 3 nitrogen and oxygen atoms in total. The van der Waals surface area contributed by atoms with Crippen molar-refractivity contribution in [3.63, 3.8) is 0 Å². The van der Waals surface area contributed by atoms with Gasteiger partial charge in [-0.25, -0.2) is 4.98 Å². The van der Waals surface area contributed by atoms with Crippen molar-refractivity contribution in [1.82, 2.24) is 9.55 Å². The van der Waals surface area contributed by atoms with Gasteiger partial charge in [-0.15, -0.1) is 0 Å². The van der Waals surface area contributed by atoms with Crippen molar-refractivity contribution in [2.24, 2.45) is 5.92 Å². The molecule has 0 saturated heterocycles. The Morgan fingerprint density at radius 3 is 2.68 bits per heavy atom. The molecule has 0 radical (unpaired) electrons. The van der Waals surface area contributed by atoms with Gasteiger partial charge in [-0.3, -0.25) is 0 Å². The Kier molecular flexibility index (Phi) is 3.28. The van der Waals surface area contributed by atoms with Crippen LogP contribution in [0.2, 0.25) is 0 Å².